The SMILES string of the molecule is CC(=O)Oc1c(Br)cc(C(N)=O)c(Br)c1OC(C)=O. The molecular formula is C11H9Br2NO5. The summed E-state index contributed by atoms with van der Waals surface area (Å²) in [6, 6.07) is 1.36. The van der Waals surface area contributed by atoms with Gasteiger partial charge in [0, 0.05) is 13.8 Å². The van der Waals surface area contributed by atoms with Gasteiger partial charge in [-0.05, 0) is 37.9 Å². The van der Waals surface area contributed by atoms with Crippen LogP contribution in [0.15, 0.2) is 15.0 Å². The Morgan fingerprint density at radius 1 is 1.05 bits per heavy atom. The van der Waals surface area contributed by atoms with Crippen LogP contribution in [0.4, 0.5) is 0 Å². The molecule has 0 spiro atoms. The predicted molar refractivity (Wildman–Crippen MR) is 73.0 cm³/mol. The van der Waals surface area contributed by atoms with Gasteiger partial charge >= 0.3 is 11.9 Å². The number of hydrogen-bond acceptors (Lipinski definition) is 5. The molecule has 1 amide bonds. The van der Waals surface area contributed by atoms with E-state index in [4.69, 9.17) is 15.2 Å². The lowest BCUT2D eigenvalue weighted by molar-refractivity contribution is -0.134. The lowest BCUT2D eigenvalue weighted by Crippen LogP contribution is -2.15. The molecule has 0 saturated carbocycles. The minimum Gasteiger partial charge on any atom is -0.421 e. The van der Waals surface area contributed by atoms with Crippen molar-refractivity contribution in [1.82, 2.24) is 0 Å². The van der Waals surface area contributed by atoms with Gasteiger partial charge in [0.1, 0.15) is 0 Å². The van der Waals surface area contributed by atoms with E-state index in [0.717, 1.165) is 0 Å². The maximum absolute atomic E-state index is 11.3. The van der Waals surface area contributed by atoms with E-state index in [0.29, 0.717) is 0 Å². The Labute approximate surface area is 125 Å². The van der Waals surface area contributed by atoms with Crippen molar-refractivity contribution in [2.45, 2.75) is 13.8 Å². The van der Waals surface area contributed by atoms with E-state index in [1.165, 1.54) is 19.9 Å². The Morgan fingerprint density at radius 2 is 1.53 bits per heavy atom. The highest BCUT2D eigenvalue weighted by Gasteiger charge is 2.23. The second kappa shape index (κ2) is 6.16. The Bertz CT molecular complexity index is 571. The molecule has 0 aliphatic heterocycles. The fraction of sp³-hybridized carbons (Fsp3) is 0.182. The standard InChI is InChI=1S/C11H9Br2NO5/c1-4(15)18-9-7(12)3-6(11(14)17)8(13)10(9)19-5(2)16/h3H,1-2H3,(H2,14,17). The van der Waals surface area contributed by atoms with Crippen LogP contribution in [0.2, 0.25) is 0 Å². The monoisotopic (exact) mass is 393 g/mol. The van der Waals surface area contributed by atoms with Crippen molar-refractivity contribution in [3.8, 4) is 11.5 Å². The van der Waals surface area contributed by atoms with Crippen LogP contribution in [-0.4, -0.2) is 17.8 Å². The highest BCUT2D eigenvalue weighted by atomic mass is 79.9. The molecule has 6 nitrogen and oxygen atoms in total. The minimum absolute atomic E-state index is 0.0143. The fourth-order valence-electron chi connectivity index (χ4n) is 1.24. The molecule has 0 aliphatic rings. The van der Waals surface area contributed by atoms with E-state index in [1.54, 1.807) is 0 Å². The molecule has 0 aliphatic carbocycles. The van der Waals surface area contributed by atoms with Crippen molar-refractivity contribution in [3.05, 3.63) is 20.6 Å². The number of primary amides is 1. The molecule has 1 aromatic rings. The quantitative estimate of drug-likeness (QED) is 0.626. The number of rotatable bonds is 3. The summed E-state index contributed by atoms with van der Waals surface area (Å²) in [5.74, 6) is -2.07. The molecule has 0 aromatic heterocycles. The third kappa shape index (κ3) is 3.77. The smallest absolute Gasteiger partial charge is 0.308 e. The number of benzene rings is 1. The molecular weight excluding hydrogens is 386 g/mol. The first-order valence-electron chi connectivity index (χ1n) is 4.92. The summed E-state index contributed by atoms with van der Waals surface area (Å²) < 4.78 is 10.3. The molecule has 1 aromatic carbocycles. The molecule has 0 fully saturated rings. The fourth-order valence-corrected chi connectivity index (χ4v) is 2.30. The van der Waals surface area contributed by atoms with Gasteiger partial charge in [-0.25, -0.2) is 0 Å². The summed E-state index contributed by atoms with van der Waals surface area (Å²) in [7, 11) is 0. The maximum Gasteiger partial charge on any atom is 0.308 e. The van der Waals surface area contributed by atoms with Crippen LogP contribution >= 0.6 is 31.9 Å². The summed E-state index contributed by atoms with van der Waals surface area (Å²) in [4.78, 5) is 33.4. The van der Waals surface area contributed by atoms with E-state index in [1.807, 2.05) is 0 Å². The molecule has 0 atom stereocenters. The van der Waals surface area contributed by atoms with Gasteiger partial charge in [-0.15, -0.1) is 0 Å². The molecule has 0 saturated heterocycles. The maximum atomic E-state index is 11.3. The van der Waals surface area contributed by atoms with E-state index in [9.17, 15) is 14.4 Å². The average Bonchev–Trinajstić information content (AvgIpc) is 2.26. The number of carbonyl (C=O) groups is 3. The Morgan fingerprint density at radius 3 is 1.95 bits per heavy atom. The van der Waals surface area contributed by atoms with Crippen LogP contribution in [0.25, 0.3) is 0 Å². The molecule has 0 bridgehead atoms. The van der Waals surface area contributed by atoms with Crippen molar-refractivity contribution in [2.24, 2.45) is 5.73 Å². The zero-order chi connectivity index (χ0) is 14.7. The largest absolute Gasteiger partial charge is 0.421 e. The van der Waals surface area contributed by atoms with E-state index < -0.39 is 17.8 Å². The third-order valence-electron chi connectivity index (χ3n) is 1.89. The van der Waals surface area contributed by atoms with Crippen LogP contribution < -0.4 is 15.2 Å². The highest BCUT2D eigenvalue weighted by Crippen LogP contribution is 2.43. The number of amides is 1. The van der Waals surface area contributed by atoms with Gasteiger partial charge in [0.2, 0.25) is 5.91 Å². The molecule has 19 heavy (non-hydrogen) atoms. The Balaban J connectivity index is 3.52. The lowest BCUT2D eigenvalue weighted by Gasteiger charge is -2.14. The van der Waals surface area contributed by atoms with Crippen molar-refractivity contribution in [3.63, 3.8) is 0 Å². The van der Waals surface area contributed by atoms with Gasteiger partial charge in [0.15, 0.2) is 11.5 Å². The number of carbonyl (C=O) groups excluding carboxylic acids is 3. The summed E-state index contributed by atoms with van der Waals surface area (Å²) in [5, 5.41) is 0. The van der Waals surface area contributed by atoms with Crippen molar-refractivity contribution >= 4 is 49.7 Å². The first-order valence-corrected chi connectivity index (χ1v) is 6.51. The molecule has 8 heteroatoms. The van der Waals surface area contributed by atoms with Crippen LogP contribution in [0.5, 0.6) is 11.5 Å². The number of nitrogens with two attached hydrogens (primary N) is 1. The van der Waals surface area contributed by atoms with Crippen LogP contribution in [0.1, 0.15) is 24.2 Å². The first-order chi connectivity index (χ1) is 8.73. The summed E-state index contributed by atoms with van der Waals surface area (Å²) in [6.07, 6.45) is 0. The van der Waals surface area contributed by atoms with Crippen LogP contribution in [0, 0.1) is 0 Å². The van der Waals surface area contributed by atoms with E-state index >= 15 is 0 Å². The van der Waals surface area contributed by atoms with Gasteiger partial charge < -0.3 is 15.2 Å². The van der Waals surface area contributed by atoms with Gasteiger partial charge in [0.25, 0.3) is 0 Å². The molecule has 0 heterocycles. The van der Waals surface area contributed by atoms with Crippen LogP contribution in [0.3, 0.4) is 0 Å². The topological polar surface area (TPSA) is 95.7 Å². The summed E-state index contributed by atoms with van der Waals surface area (Å²) in [5.41, 5.74) is 5.28. The van der Waals surface area contributed by atoms with Crippen LogP contribution in [-0.2, 0) is 9.59 Å². The lowest BCUT2D eigenvalue weighted by atomic mass is 10.2. The van der Waals surface area contributed by atoms with Gasteiger partial charge in [-0.1, -0.05) is 0 Å². The number of hydrogen-bond donors (Lipinski definition) is 1. The molecule has 102 valence electrons. The zero-order valence-corrected chi connectivity index (χ0v) is 13.1. The molecule has 1 rings (SSSR count). The number of esters is 2. The second-order valence-electron chi connectivity index (χ2n) is 3.43. The van der Waals surface area contributed by atoms with E-state index in [2.05, 4.69) is 31.9 Å². The average molecular weight is 395 g/mol. The summed E-state index contributed by atoms with van der Waals surface area (Å²) in [6.45, 7) is 2.37. The normalized spacial score (nSPS) is 9.89. The molecule has 0 unspecified atom stereocenters. The van der Waals surface area contributed by atoms with Gasteiger partial charge in [-0.2, -0.15) is 0 Å². The van der Waals surface area contributed by atoms with Gasteiger partial charge in [-0.3, -0.25) is 14.4 Å². The molecule has 0 radical (unpaired) electrons. The Hall–Kier alpha value is -1.41. The molecule has 2 N–H and O–H groups in total. The third-order valence-corrected chi connectivity index (χ3v) is 3.26. The van der Waals surface area contributed by atoms with Crippen molar-refractivity contribution < 1.29 is 23.9 Å². The van der Waals surface area contributed by atoms with E-state index in [-0.39, 0.29) is 26.0 Å². The van der Waals surface area contributed by atoms with Crippen molar-refractivity contribution in [2.75, 3.05) is 0 Å². The second-order valence-corrected chi connectivity index (χ2v) is 5.08. The van der Waals surface area contributed by atoms with Gasteiger partial charge in [0.05, 0.1) is 14.5 Å². The zero-order valence-electron chi connectivity index (χ0n) is 9.95. The Kier molecular flexibility index (Phi) is 5.07. The number of halogens is 2. The highest BCUT2D eigenvalue weighted by molar-refractivity contribution is 9.11. The number of ether oxygens (including phenoxy) is 2. The summed E-state index contributed by atoms with van der Waals surface area (Å²) >= 11 is 6.22. The minimum atomic E-state index is -0.727. The predicted octanol–water partition coefficient (Wildman–Crippen LogP) is 2.16. The first kappa shape index (κ1) is 15.6. The van der Waals surface area contributed by atoms with Crippen molar-refractivity contribution in [1.29, 1.82) is 0 Å².